The molecule has 3 saturated carbocycles. The molecule has 7 rings (SSSR count). The van der Waals surface area contributed by atoms with Crippen LogP contribution < -0.4 is 5.73 Å². The van der Waals surface area contributed by atoms with Crippen molar-refractivity contribution in [2.24, 2.45) is 28.6 Å². The summed E-state index contributed by atoms with van der Waals surface area (Å²) in [6, 6.07) is 0. The fraction of sp³-hybridized carbons (Fsp3) is 0.714. The molecule has 0 aromatic carbocycles. The van der Waals surface area contributed by atoms with Crippen molar-refractivity contribution in [2.45, 2.75) is 56.5 Å². The third-order valence-electron chi connectivity index (χ3n) is 8.91. The molecule has 6 aliphatic rings. The standard InChI is InChI=1S/C21H26N2O5S/c1-8-9-4-5-11-19-7-28-21(27,20(11,14(8)24)15(9)25)16(26)12(19)18(2,3)6-10-13(19)23-17(22)29-10/h9,11-12,15-16,25-27H,1,4-7H2,2-3H3,(H2,22,23)/t9-,11-,12+,15+,16-,19-,20-,21?/m0/s1. The molecule has 1 unspecified atom stereocenters. The molecule has 29 heavy (non-hydrogen) atoms. The van der Waals surface area contributed by atoms with Gasteiger partial charge in [0.15, 0.2) is 10.9 Å². The molecule has 2 spiro atoms. The van der Waals surface area contributed by atoms with E-state index in [1.807, 2.05) is 0 Å². The summed E-state index contributed by atoms with van der Waals surface area (Å²) in [6.07, 6.45) is -0.532. The van der Waals surface area contributed by atoms with Gasteiger partial charge in [-0.1, -0.05) is 20.4 Å². The average molecular weight is 419 g/mol. The van der Waals surface area contributed by atoms with Crippen LogP contribution in [0.15, 0.2) is 12.2 Å². The highest BCUT2D eigenvalue weighted by atomic mass is 32.1. The maximum absolute atomic E-state index is 13.6. The van der Waals surface area contributed by atoms with Crippen molar-refractivity contribution in [3.05, 3.63) is 22.7 Å². The van der Waals surface area contributed by atoms with E-state index in [-0.39, 0.29) is 23.7 Å². The molecule has 8 atom stereocenters. The Balaban J connectivity index is 1.71. The molecule has 1 aromatic rings. The Kier molecular flexibility index (Phi) is 3.14. The number of anilines is 1. The fourth-order valence-corrected chi connectivity index (χ4v) is 9.28. The molecule has 4 bridgehead atoms. The molecule has 7 nitrogen and oxygen atoms in total. The van der Waals surface area contributed by atoms with Crippen LogP contribution in [0.2, 0.25) is 0 Å². The van der Waals surface area contributed by atoms with Crippen LogP contribution in [0.1, 0.15) is 37.3 Å². The number of ketones is 1. The Morgan fingerprint density at radius 2 is 2.00 bits per heavy atom. The van der Waals surface area contributed by atoms with Gasteiger partial charge in [0, 0.05) is 22.1 Å². The summed E-state index contributed by atoms with van der Waals surface area (Å²) in [5, 5.41) is 35.2. The molecule has 4 aliphatic carbocycles. The predicted molar refractivity (Wildman–Crippen MR) is 105 cm³/mol. The molecular formula is C21H26N2O5S. The minimum atomic E-state index is -2.14. The summed E-state index contributed by atoms with van der Waals surface area (Å²) in [5.74, 6) is -3.70. The number of aliphatic hydroxyl groups excluding tert-OH is 2. The predicted octanol–water partition coefficient (Wildman–Crippen LogP) is 0.767. The second-order valence-electron chi connectivity index (χ2n) is 10.3. The number of fused-ring (bicyclic) bond motifs is 3. The Labute approximate surface area is 172 Å². The average Bonchev–Trinajstić information content (AvgIpc) is 3.05. The van der Waals surface area contributed by atoms with Gasteiger partial charge in [-0.15, -0.1) is 11.3 Å². The number of nitrogens with two attached hydrogens (primary N) is 1. The molecule has 5 N–H and O–H groups in total. The first-order valence-corrected chi connectivity index (χ1v) is 11.1. The lowest BCUT2D eigenvalue weighted by molar-refractivity contribution is -0.429. The van der Waals surface area contributed by atoms with E-state index in [4.69, 9.17) is 10.5 Å². The maximum Gasteiger partial charge on any atom is 0.208 e. The summed E-state index contributed by atoms with van der Waals surface area (Å²) in [5.41, 5.74) is 4.43. The smallest absolute Gasteiger partial charge is 0.208 e. The number of aromatic nitrogens is 1. The molecule has 2 aliphatic heterocycles. The summed E-state index contributed by atoms with van der Waals surface area (Å²) in [6.45, 7) is 8.25. The monoisotopic (exact) mass is 418 g/mol. The molecule has 8 heteroatoms. The number of nitrogen functional groups attached to an aromatic ring is 1. The Bertz CT molecular complexity index is 990. The summed E-state index contributed by atoms with van der Waals surface area (Å²) >= 11 is 1.44. The number of carbonyl (C=O) groups is 1. The van der Waals surface area contributed by atoms with E-state index < -0.39 is 40.7 Å². The van der Waals surface area contributed by atoms with E-state index in [9.17, 15) is 20.1 Å². The second kappa shape index (κ2) is 4.94. The first kappa shape index (κ1) is 18.4. The normalized spacial score (nSPS) is 51.6. The van der Waals surface area contributed by atoms with Crippen LogP contribution in [-0.2, 0) is 21.4 Å². The van der Waals surface area contributed by atoms with Gasteiger partial charge in [0.25, 0.3) is 0 Å². The number of nitrogens with zero attached hydrogens (tertiary/aromatic N) is 1. The number of Topliss-reactive ketones (excluding diaryl/α,β-unsaturated/α-hetero) is 1. The molecule has 156 valence electrons. The number of ether oxygens (including phenoxy) is 1. The maximum atomic E-state index is 13.6. The SMILES string of the molecule is C=C1C(=O)[C@]23[C@H](O)[C@H]1CC[C@H]2[C@@]12COC3(O)[C@@H](O)[C@@H]1C(C)(C)Cc1sc(N)nc12. The van der Waals surface area contributed by atoms with Crippen LogP contribution in [0.5, 0.6) is 0 Å². The van der Waals surface area contributed by atoms with Crippen molar-refractivity contribution in [3.8, 4) is 0 Å². The molecule has 2 saturated heterocycles. The Morgan fingerprint density at radius 1 is 1.28 bits per heavy atom. The van der Waals surface area contributed by atoms with Crippen LogP contribution in [-0.4, -0.2) is 50.7 Å². The third kappa shape index (κ3) is 1.60. The molecule has 0 radical (unpaired) electrons. The van der Waals surface area contributed by atoms with Gasteiger partial charge >= 0.3 is 0 Å². The van der Waals surface area contributed by atoms with E-state index in [0.717, 1.165) is 10.6 Å². The van der Waals surface area contributed by atoms with Gasteiger partial charge in [-0.2, -0.15) is 0 Å². The fourth-order valence-electron chi connectivity index (χ4n) is 8.11. The van der Waals surface area contributed by atoms with E-state index in [0.29, 0.717) is 30.0 Å². The van der Waals surface area contributed by atoms with Crippen molar-refractivity contribution in [1.29, 1.82) is 0 Å². The molecular weight excluding hydrogens is 392 g/mol. The van der Waals surface area contributed by atoms with Crippen LogP contribution >= 0.6 is 11.3 Å². The van der Waals surface area contributed by atoms with Crippen LogP contribution in [0.3, 0.4) is 0 Å². The van der Waals surface area contributed by atoms with Gasteiger partial charge in [-0.3, -0.25) is 4.79 Å². The van der Waals surface area contributed by atoms with Gasteiger partial charge in [0.2, 0.25) is 5.79 Å². The number of hydrogen-bond acceptors (Lipinski definition) is 8. The number of hydrogen-bond donors (Lipinski definition) is 4. The lowest BCUT2D eigenvalue weighted by Crippen LogP contribution is -2.85. The molecule has 0 amide bonds. The zero-order chi connectivity index (χ0) is 20.7. The van der Waals surface area contributed by atoms with Crippen molar-refractivity contribution in [2.75, 3.05) is 12.3 Å². The zero-order valence-electron chi connectivity index (χ0n) is 16.5. The topological polar surface area (TPSA) is 126 Å². The van der Waals surface area contributed by atoms with Crippen LogP contribution in [0.25, 0.3) is 0 Å². The van der Waals surface area contributed by atoms with Gasteiger partial charge in [0.1, 0.15) is 11.5 Å². The number of aliphatic hydroxyl groups is 3. The number of rotatable bonds is 0. The summed E-state index contributed by atoms with van der Waals surface area (Å²) < 4.78 is 5.98. The number of carbonyl (C=O) groups excluding carboxylic acids is 1. The van der Waals surface area contributed by atoms with Gasteiger partial charge in [0.05, 0.1) is 18.4 Å². The summed E-state index contributed by atoms with van der Waals surface area (Å²) in [7, 11) is 0. The van der Waals surface area contributed by atoms with Crippen LogP contribution in [0.4, 0.5) is 5.13 Å². The first-order chi connectivity index (χ1) is 13.5. The van der Waals surface area contributed by atoms with E-state index in [2.05, 4.69) is 25.4 Å². The van der Waals surface area contributed by atoms with E-state index in [1.165, 1.54) is 11.3 Å². The largest absolute Gasteiger partial charge is 0.391 e. The van der Waals surface area contributed by atoms with Crippen molar-refractivity contribution >= 4 is 22.3 Å². The zero-order valence-corrected chi connectivity index (χ0v) is 17.3. The van der Waals surface area contributed by atoms with Gasteiger partial charge in [-0.05, 0) is 36.2 Å². The van der Waals surface area contributed by atoms with Crippen LogP contribution in [0, 0.1) is 28.6 Å². The Hall–Kier alpha value is -1.32. The van der Waals surface area contributed by atoms with Crippen molar-refractivity contribution in [3.63, 3.8) is 0 Å². The molecule has 5 fully saturated rings. The van der Waals surface area contributed by atoms with E-state index >= 15 is 0 Å². The van der Waals surface area contributed by atoms with Gasteiger partial charge < -0.3 is 25.8 Å². The van der Waals surface area contributed by atoms with Crippen molar-refractivity contribution in [1.82, 2.24) is 4.98 Å². The van der Waals surface area contributed by atoms with Gasteiger partial charge in [-0.25, -0.2) is 4.98 Å². The second-order valence-corrected chi connectivity index (χ2v) is 11.5. The molecule has 1 aromatic heterocycles. The minimum absolute atomic E-state index is 0.147. The quantitative estimate of drug-likeness (QED) is 0.459. The highest BCUT2D eigenvalue weighted by Crippen LogP contribution is 2.75. The lowest BCUT2D eigenvalue weighted by atomic mass is 9.36. The van der Waals surface area contributed by atoms with Crippen molar-refractivity contribution < 1.29 is 24.9 Å². The highest BCUT2D eigenvalue weighted by molar-refractivity contribution is 7.15. The third-order valence-corrected chi connectivity index (χ3v) is 9.79. The Morgan fingerprint density at radius 3 is 2.72 bits per heavy atom. The summed E-state index contributed by atoms with van der Waals surface area (Å²) in [4.78, 5) is 19.3. The molecule has 3 heterocycles. The minimum Gasteiger partial charge on any atom is -0.391 e. The van der Waals surface area contributed by atoms with E-state index in [1.54, 1.807) is 0 Å². The first-order valence-electron chi connectivity index (χ1n) is 10.2. The highest BCUT2D eigenvalue weighted by Gasteiger charge is 2.86. The lowest BCUT2D eigenvalue weighted by Gasteiger charge is -2.73. The number of thiazole rings is 1.